The molecule has 1 aromatic rings. The van der Waals surface area contributed by atoms with E-state index in [2.05, 4.69) is 19.2 Å². The van der Waals surface area contributed by atoms with Crippen LogP contribution in [0.5, 0.6) is 0 Å². The summed E-state index contributed by atoms with van der Waals surface area (Å²) in [7, 11) is 0. The first kappa shape index (κ1) is 15.5. The first-order valence-electron chi connectivity index (χ1n) is 6.81. The predicted molar refractivity (Wildman–Crippen MR) is 76.1 cm³/mol. The average Bonchev–Trinajstić information content (AvgIpc) is 2.33. The van der Waals surface area contributed by atoms with Crippen molar-refractivity contribution in [2.24, 2.45) is 5.41 Å². The van der Waals surface area contributed by atoms with Gasteiger partial charge in [-0.25, -0.2) is 0 Å². The van der Waals surface area contributed by atoms with Gasteiger partial charge in [-0.05, 0) is 49.3 Å². The number of hydrogen-bond acceptors (Lipinski definition) is 1. The van der Waals surface area contributed by atoms with Crippen molar-refractivity contribution < 1.29 is 13.2 Å². The monoisotopic (exact) mass is 305 g/mol. The minimum Gasteiger partial charge on any atom is -0.382 e. The van der Waals surface area contributed by atoms with E-state index in [1.807, 2.05) is 0 Å². The summed E-state index contributed by atoms with van der Waals surface area (Å²) in [6, 6.07) is 4.25. The third kappa shape index (κ3) is 3.81. The van der Waals surface area contributed by atoms with Gasteiger partial charge in [0, 0.05) is 11.7 Å². The lowest BCUT2D eigenvalue weighted by molar-refractivity contribution is -0.137. The molecule has 1 nitrogen and oxygen atoms in total. The highest BCUT2D eigenvalue weighted by Crippen LogP contribution is 2.38. The van der Waals surface area contributed by atoms with Gasteiger partial charge in [0.05, 0.1) is 10.6 Å². The van der Waals surface area contributed by atoms with E-state index in [0.29, 0.717) is 11.1 Å². The van der Waals surface area contributed by atoms with Crippen molar-refractivity contribution in [1.82, 2.24) is 0 Å². The second kappa shape index (κ2) is 5.47. The summed E-state index contributed by atoms with van der Waals surface area (Å²) in [6.45, 7) is 4.46. The maximum Gasteiger partial charge on any atom is 0.417 e. The van der Waals surface area contributed by atoms with Gasteiger partial charge in [-0.2, -0.15) is 13.2 Å². The van der Waals surface area contributed by atoms with Crippen molar-refractivity contribution in [3.63, 3.8) is 0 Å². The number of rotatable bonds is 2. The Balaban J connectivity index is 2.08. The highest BCUT2D eigenvalue weighted by atomic mass is 35.5. The molecule has 0 atom stereocenters. The van der Waals surface area contributed by atoms with E-state index in [0.717, 1.165) is 31.7 Å². The van der Waals surface area contributed by atoms with Gasteiger partial charge in [0.15, 0.2) is 0 Å². The Labute approximate surface area is 122 Å². The summed E-state index contributed by atoms with van der Waals surface area (Å²) >= 11 is 5.61. The normalized spacial score (nSPS) is 19.9. The van der Waals surface area contributed by atoms with E-state index < -0.39 is 11.7 Å². The van der Waals surface area contributed by atoms with Crippen LogP contribution in [-0.2, 0) is 6.18 Å². The van der Waals surface area contributed by atoms with Crippen LogP contribution in [0, 0.1) is 5.41 Å². The Morgan fingerprint density at radius 3 is 2.35 bits per heavy atom. The van der Waals surface area contributed by atoms with Gasteiger partial charge >= 0.3 is 6.18 Å². The van der Waals surface area contributed by atoms with Gasteiger partial charge < -0.3 is 5.32 Å². The first-order valence-corrected chi connectivity index (χ1v) is 7.18. The van der Waals surface area contributed by atoms with Crippen molar-refractivity contribution in [2.75, 3.05) is 5.32 Å². The van der Waals surface area contributed by atoms with E-state index in [-0.39, 0.29) is 11.1 Å². The van der Waals surface area contributed by atoms with E-state index in [1.165, 1.54) is 6.07 Å². The molecule has 0 unspecified atom stereocenters. The Morgan fingerprint density at radius 2 is 1.80 bits per heavy atom. The lowest BCUT2D eigenvalue weighted by atomic mass is 9.75. The molecule has 1 saturated carbocycles. The fourth-order valence-corrected chi connectivity index (χ4v) is 2.84. The maximum absolute atomic E-state index is 12.8. The van der Waals surface area contributed by atoms with E-state index in [4.69, 9.17) is 11.6 Å². The van der Waals surface area contributed by atoms with Crippen molar-refractivity contribution in [1.29, 1.82) is 0 Å². The molecule has 1 aliphatic rings. The third-order valence-corrected chi connectivity index (χ3v) is 4.31. The first-order chi connectivity index (χ1) is 9.17. The topological polar surface area (TPSA) is 12.0 Å². The van der Waals surface area contributed by atoms with Gasteiger partial charge in [-0.3, -0.25) is 0 Å². The molecule has 2 rings (SSSR count). The number of nitrogens with one attached hydrogen (secondary N) is 1. The maximum atomic E-state index is 12.8. The van der Waals surface area contributed by atoms with Crippen LogP contribution in [-0.4, -0.2) is 6.04 Å². The quantitative estimate of drug-likeness (QED) is 0.734. The molecule has 0 radical (unpaired) electrons. The highest BCUT2D eigenvalue weighted by molar-refractivity contribution is 6.31. The summed E-state index contributed by atoms with van der Waals surface area (Å²) < 4.78 is 38.4. The molecule has 0 spiro atoms. The molecule has 0 amide bonds. The van der Waals surface area contributed by atoms with Crippen LogP contribution in [0.25, 0.3) is 0 Å². The van der Waals surface area contributed by atoms with Crippen molar-refractivity contribution >= 4 is 17.3 Å². The van der Waals surface area contributed by atoms with Crippen LogP contribution < -0.4 is 5.32 Å². The summed E-state index contributed by atoms with van der Waals surface area (Å²) in [5, 5.41) is 2.94. The Bertz CT molecular complexity index is 472. The number of halogens is 4. The molecule has 112 valence electrons. The predicted octanol–water partition coefficient (Wildman–Crippen LogP) is 5.74. The fraction of sp³-hybridized carbons (Fsp3) is 0.600. The molecule has 0 saturated heterocycles. The zero-order chi connectivity index (χ0) is 15.0. The molecule has 1 fully saturated rings. The summed E-state index contributed by atoms with van der Waals surface area (Å²) in [6.07, 6.45) is -0.272. The highest BCUT2D eigenvalue weighted by Gasteiger charge is 2.33. The fourth-order valence-electron chi connectivity index (χ4n) is 2.61. The zero-order valence-electron chi connectivity index (χ0n) is 11.6. The van der Waals surface area contributed by atoms with Crippen LogP contribution in [0.2, 0.25) is 5.02 Å². The molecule has 0 aliphatic heterocycles. The van der Waals surface area contributed by atoms with Crippen LogP contribution in [0.1, 0.15) is 45.1 Å². The Morgan fingerprint density at radius 1 is 1.20 bits per heavy atom. The lowest BCUT2D eigenvalue weighted by Gasteiger charge is -2.35. The molecule has 0 aromatic heterocycles. The summed E-state index contributed by atoms with van der Waals surface area (Å²) in [5.74, 6) is 0. The lowest BCUT2D eigenvalue weighted by Crippen LogP contribution is -2.29. The number of benzene rings is 1. The van der Waals surface area contributed by atoms with Gasteiger partial charge in [0.1, 0.15) is 0 Å². The number of anilines is 1. The Hall–Kier alpha value is -0.900. The second-order valence-corrected chi connectivity index (χ2v) is 6.68. The van der Waals surface area contributed by atoms with Crippen molar-refractivity contribution in [3.8, 4) is 0 Å². The number of alkyl halides is 3. The van der Waals surface area contributed by atoms with Gasteiger partial charge in [-0.1, -0.05) is 25.4 Å². The molecule has 0 heterocycles. The molecular weight excluding hydrogens is 287 g/mol. The smallest absolute Gasteiger partial charge is 0.382 e. The minimum atomic E-state index is -4.41. The largest absolute Gasteiger partial charge is 0.417 e. The van der Waals surface area contributed by atoms with Crippen LogP contribution in [0.3, 0.4) is 0 Å². The molecule has 1 aromatic carbocycles. The SMILES string of the molecule is CC1(C)CCC(Nc2ccc(Cl)c(C(F)(F)F)c2)CC1. The average molecular weight is 306 g/mol. The number of hydrogen-bond donors (Lipinski definition) is 1. The van der Waals surface area contributed by atoms with Gasteiger partial charge in [-0.15, -0.1) is 0 Å². The van der Waals surface area contributed by atoms with Crippen LogP contribution >= 0.6 is 11.6 Å². The van der Waals surface area contributed by atoms with Crippen molar-refractivity contribution in [2.45, 2.75) is 51.7 Å². The van der Waals surface area contributed by atoms with E-state index in [1.54, 1.807) is 6.07 Å². The molecule has 1 N–H and O–H groups in total. The third-order valence-electron chi connectivity index (χ3n) is 3.98. The molecule has 20 heavy (non-hydrogen) atoms. The van der Waals surface area contributed by atoms with Crippen LogP contribution in [0.4, 0.5) is 18.9 Å². The van der Waals surface area contributed by atoms with Crippen LogP contribution in [0.15, 0.2) is 18.2 Å². The van der Waals surface area contributed by atoms with Crippen molar-refractivity contribution in [3.05, 3.63) is 28.8 Å². The van der Waals surface area contributed by atoms with Gasteiger partial charge in [0.2, 0.25) is 0 Å². The molecule has 5 heteroatoms. The zero-order valence-corrected chi connectivity index (χ0v) is 12.4. The van der Waals surface area contributed by atoms with E-state index >= 15 is 0 Å². The molecule has 0 bridgehead atoms. The Kier molecular flexibility index (Phi) is 4.24. The standard InChI is InChI=1S/C15H19ClF3N/c1-14(2)7-5-10(6-8-14)20-11-3-4-13(16)12(9-11)15(17,18)19/h3-4,9-10,20H,5-8H2,1-2H3. The molecular formula is C15H19ClF3N. The summed E-state index contributed by atoms with van der Waals surface area (Å²) in [4.78, 5) is 0. The summed E-state index contributed by atoms with van der Waals surface area (Å²) in [5.41, 5.74) is 0.0571. The minimum absolute atomic E-state index is 0.241. The van der Waals surface area contributed by atoms with E-state index in [9.17, 15) is 13.2 Å². The second-order valence-electron chi connectivity index (χ2n) is 6.28. The molecule has 1 aliphatic carbocycles. The van der Waals surface area contributed by atoms with Gasteiger partial charge in [0.25, 0.3) is 0 Å².